The molecule has 0 radical (unpaired) electrons. The van der Waals surface area contributed by atoms with Crippen LogP contribution in [0.5, 0.6) is 0 Å². The van der Waals surface area contributed by atoms with Gasteiger partial charge in [0, 0.05) is 27.6 Å². The second-order valence-electron chi connectivity index (χ2n) is 6.93. The number of amidine groups is 1. The van der Waals surface area contributed by atoms with E-state index in [-0.39, 0.29) is 30.9 Å². The molecule has 0 saturated carbocycles. The Kier molecular flexibility index (Phi) is 6.05. The second kappa shape index (κ2) is 8.68. The fourth-order valence-electron chi connectivity index (χ4n) is 3.11. The minimum absolute atomic E-state index is 0. The Morgan fingerprint density at radius 3 is 2.57 bits per heavy atom. The second-order valence-corrected chi connectivity index (χ2v) is 6.93. The van der Waals surface area contributed by atoms with Gasteiger partial charge in [0.1, 0.15) is 17.2 Å². The smallest absolute Gasteiger partial charge is 0.330 e. The summed E-state index contributed by atoms with van der Waals surface area (Å²) >= 11 is 0. The van der Waals surface area contributed by atoms with Crippen LogP contribution < -0.4 is 15.1 Å². The molecule has 3 N–H and O–H groups in total. The summed E-state index contributed by atoms with van der Waals surface area (Å²) in [6.45, 7) is 4.64. The molecule has 1 aliphatic heterocycles. The molecule has 3 rings (SSSR count). The molecule has 1 fully saturated rings. The molecule has 1 aliphatic rings. The molecule has 2 aromatic heterocycles. The summed E-state index contributed by atoms with van der Waals surface area (Å²) in [5.74, 6) is 0.243. The van der Waals surface area contributed by atoms with Crippen molar-refractivity contribution in [2.24, 2.45) is 0 Å². The van der Waals surface area contributed by atoms with Crippen LogP contribution in [-0.4, -0.2) is 65.2 Å². The standard InChI is InChI=1S/C20H24N8O2.H2/c1-13(2)28(12-21)18(22)15-5-4-6-17(25-15)27-10-9-26(20(27)30)14-7-8-16(24-11-14)19(29)23-3;/h4-8,11-13,21-22H,9-10H2,1-3H3,(H,23,29);1H. The van der Waals surface area contributed by atoms with Crippen molar-refractivity contribution in [2.75, 3.05) is 29.9 Å². The van der Waals surface area contributed by atoms with E-state index in [4.69, 9.17) is 10.8 Å². The average molecular weight is 410 g/mol. The number of hydrogen-bond donors (Lipinski definition) is 3. The van der Waals surface area contributed by atoms with Gasteiger partial charge in [0.15, 0.2) is 5.84 Å². The fourth-order valence-corrected chi connectivity index (χ4v) is 3.11. The largest absolute Gasteiger partial charge is 0.354 e. The van der Waals surface area contributed by atoms with E-state index in [9.17, 15) is 9.59 Å². The highest BCUT2D eigenvalue weighted by atomic mass is 16.2. The van der Waals surface area contributed by atoms with Crippen molar-refractivity contribution < 1.29 is 11.0 Å². The van der Waals surface area contributed by atoms with Crippen LogP contribution >= 0.6 is 0 Å². The first-order valence-electron chi connectivity index (χ1n) is 9.49. The number of amides is 3. The molecule has 10 heteroatoms. The van der Waals surface area contributed by atoms with Crippen molar-refractivity contribution in [1.82, 2.24) is 20.2 Å². The molecule has 0 spiro atoms. The van der Waals surface area contributed by atoms with Gasteiger partial charge in [-0.1, -0.05) is 6.07 Å². The zero-order valence-corrected chi connectivity index (χ0v) is 17.1. The third-order valence-electron chi connectivity index (χ3n) is 4.74. The number of hydrogen-bond acceptors (Lipinski definition) is 6. The van der Waals surface area contributed by atoms with Crippen LogP contribution in [0.4, 0.5) is 16.3 Å². The summed E-state index contributed by atoms with van der Waals surface area (Å²) < 4.78 is 0. The van der Waals surface area contributed by atoms with E-state index in [1.807, 2.05) is 13.8 Å². The van der Waals surface area contributed by atoms with E-state index in [0.29, 0.717) is 30.3 Å². The highest BCUT2D eigenvalue weighted by molar-refractivity contribution is 6.06. The Morgan fingerprint density at radius 1 is 1.23 bits per heavy atom. The summed E-state index contributed by atoms with van der Waals surface area (Å²) in [5, 5.41) is 18.4. The first kappa shape index (κ1) is 20.9. The lowest BCUT2D eigenvalue weighted by molar-refractivity contribution is 0.0958. The van der Waals surface area contributed by atoms with Crippen LogP contribution in [0.3, 0.4) is 0 Å². The van der Waals surface area contributed by atoms with Crippen molar-refractivity contribution >= 4 is 35.6 Å². The predicted octanol–water partition coefficient (Wildman–Crippen LogP) is 2.17. The molecule has 0 atom stereocenters. The van der Waals surface area contributed by atoms with Crippen LogP contribution in [0.2, 0.25) is 0 Å². The zero-order chi connectivity index (χ0) is 21.8. The van der Waals surface area contributed by atoms with Gasteiger partial charge >= 0.3 is 6.03 Å². The van der Waals surface area contributed by atoms with Gasteiger partial charge in [-0.25, -0.2) is 14.8 Å². The molecular weight excluding hydrogens is 384 g/mol. The molecule has 1 saturated heterocycles. The molecule has 2 aromatic rings. The summed E-state index contributed by atoms with van der Waals surface area (Å²) in [4.78, 5) is 37.8. The lowest BCUT2D eigenvalue weighted by atomic mass is 10.2. The normalized spacial score (nSPS) is 13.5. The van der Waals surface area contributed by atoms with E-state index in [0.717, 1.165) is 6.34 Å². The van der Waals surface area contributed by atoms with Gasteiger partial charge in [0.25, 0.3) is 5.91 Å². The van der Waals surface area contributed by atoms with Crippen LogP contribution in [-0.2, 0) is 0 Å². The molecule has 0 aromatic carbocycles. The number of pyridine rings is 2. The summed E-state index contributed by atoms with van der Waals surface area (Å²) in [7, 11) is 1.53. The Labute approximate surface area is 176 Å². The van der Waals surface area contributed by atoms with Gasteiger partial charge in [-0.2, -0.15) is 0 Å². The minimum atomic E-state index is -0.292. The van der Waals surface area contributed by atoms with Gasteiger partial charge in [0.2, 0.25) is 0 Å². The molecule has 0 bridgehead atoms. The van der Waals surface area contributed by atoms with Crippen LogP contribution in [0.25, 0.3) is 0 Å². The summed E-state index contributed by atoms with van der Waals surface area (Å²) in [6.07, 6.45) is 2.59. The van der Waals surface area contributed by atoms with Gasteiger partial charge in [-0.05, 0) is 38.1 Å². The van der Waals surface area contributed by atoms with Gasteiger partial charge in [-0.15, -0.1) is 0 Å². The van der Waals surface area contributed by atoms with Crippen molar-refractivity contribution in [3.63, 3.8) is 0 Å². The van der Waals surface area contributed by atoms with Crippen molar-refractivity contribution in [2.45, 2.75) is 19.9 Å². The number of carbonyl (C=O) groups excluding carboxylic acids is 2. The third-order valence-corrected chi connectivity index (χ3v) is 4.74. The van der Waals surface area contributed by atoms with Crippen LogP contribution in [0.1, 0.15) is 31.5 Å². The van der Waals surface area contributed by atoms with Crippen molar-refractivity contribution in [3.05, 3.63) is 47.9 Å². The van der Waals surface area contributed by atoms with Crippen molar-refractivity contribution in [3.8, 4) is 0 Å². The lowest BCUT2D eigenvalue weighted by Crippen LogP contribution is -2.36. The molecule has 0 aliphatic carbocycles. The number of aromatic nitrogens is 2. The van der Waals surface area contributed by atoms with Crippen LogP contribution in [0, 0.1) is 10.8 Å². The van der Waals surface area contributed by atoms with Crippen molar-refractivity contribution in [1.29, 1.82) is 10.8 Å². The molecule has 0 unspecified atom stereocenters. The molecule has 30 heavy (non-hydrogen) atoms. The average Bonchev–Trinajstić information content (AvgIpc) is 3.14. The highest BCUT2D eigenvalue weighted by Gasteiger charge is 2.32. The van der Waals surface area contributed by atoms with Gasteiger partial charge in [0.05, 0.1) is 18.2 Å². The minimum Gasteiger partial charge on any atom is -0.354 e. The Balaban J connectivity index is 0.00000341. The number of anilines is 2. The van der Waals surface area contributed by atoms with Gasteiger partial charge < -0.3 is 10.2 Å². The monoisotopic (exact) mass is 410 g/mol. The SMILES string of the molecule is CNC(=O)c1ccc(N2CCN(c3cccc(C(=N)N(C=N)C(C)C)n3)C2=O)cn1.[HH]. The summed E-state index contributed by atoms with van der Waals surface area (Å²) in [6, 6.07) is 8.08. The lowest BCUT2D eigenvalue weighted by Gasteiger charge is -2.24. The third kappa shape index (κ3) is 3.97. The molecule has 3 heterocycles. The first-order chi connectivity index (χ1) is 14.4. The topological polar surface area (TPSA) is 129 Å². The van der Waals surface area contributed by atoms with Gasteiger partial charge in [-0.3, -0.25) is 25.4 Å². The van der Waals surface area contributed by atoms with E-state index in [2.05, 4.69) is 15.3 Å². The van der Waals surface area contributed by atoms with Crippen LogP contribution in [0.15, 0.2) is 36.5 Å². The number of carbonyl (C=O) groups is 2. The predicted molar refractivity (Wildman–Crippen MR) is 117 cm³/mol. The number of urea groups is 1. The number of nitrogens with one attached hydrogen (secondary N) is 3. The molecular formula is C20H26N8O2. The zero-order valence-electron chi connectivity index (χ0n) is 17.1. The maximum Gasteiger partial charge on any atom is 0.330 e. The molecule has 3 amide bonds. The highest BCUT2D eigenvalue weighted by Crippen LogP contribution is 2.24. The Hall–Kier alpha value is -3.82. The van der Waals surface area contributed by atoms with E-state index < -0.39 is 0 Å². The fraction of sp³-hybridized carbons (Fsp3) is 0.300. The van der Waals surface area contributed by atoms with E-state index in [1.54, 1.807) is 35.2 Å². The maximum absolute atomic E-state index is 13.0. The Bertz CT molecular complexity index is 979. The maximum atomic E-state index is 13.0. The Morgan fingerprint density at radius 2 is 1.97 bits per heavy atom. The quantitative estimate of drug-likeness (QED) is 0.496. The number of rotatable bonds is 6. The first-order valence-corrected chi connectivity index (χ1v) is 9.49. The number of nitrogens with zero attached hydrogens (tertiary/aromatic N) is 5. The van der Waals surface area contributed by atoms with E-state index >= 15 is 0 Å². The van der Waals surface area contributed by atoms with E-state index in [1.165, 1.54) is 23.0 Å². The molecule has 158 valence electrons. The molecule has 10 nitrogen and oxygen atoms in total. The summed E-state index contributed by atoms with van der Waals surface area (Å²) in [5.41, 5.74) is 1.25.